The number of hydrogen-bond donors (Lipinski definition) is 1. The Bertz CT molecular complexity index is 200. The molecule has 0 amide bonds. The average molecular weight is 253 g/mol. The van der Waals surface area contributed by atoms with Gasteiger partial charge in [0.1, 0.15) is 0 Å². The van der Waals surface area contributed by atoms with Crippen LogP contribution < -0.4 is 5.32 Å². The van der Waals surface area contributed by atoms with Crippen LogP contribution in [0.15, 0.2) is 0 Å². The van der Waals surface area contributed by atoms with Crippen LogP contribution in [0.1, 0.15) is 72.1 Å². The van der Waals surface area contributed by atoms with Gasteiger partial charge in [0.15, 0.2) is 0 Å². The Kier molecular flexibility index (Phi) is 7.97. The molecule has 1 aliphatic carbocycles. The summed E-state index contributed by atoms with van der Waals surface area (Å²) in [4.78, 5) is 0. The highest BCUT2D eigenvalue weighted by Crippen LogP contribution is 2.39. The zero-order valence-corrected chi connectivity index (χ0v) is 13.2. The monoisotopic (exact) mass is 253 g/mol. The molecule has 1 heteroatoms. The largest absolute Gasteiger partial charge is 0.319 e. The van der Waals surface area contributed by atoms with E-state index in [-0.39, 0.29) is 0 Å². The van der Waals surface area contributed by atoms with Crippen molar-refractivity contribution < 1.29 is 0 Å². The standard InChI is InChI=1S/C17H35N/c1-5-7-14(3)11-17-12-15(8-6-2)9-10-16(17)13-18-4/h14-18H,5-13H2,1-4H3. The molecule has 0 radical (unpaired) electrons. The lowest BCUT2D eigenvalue weighted by Crippen LogP contribution is -2.32. The Morgan fingerprint density at radius 2 is 1.89 bits per heavy atom. The molecule has 108 valence electrons. The number of rotatable bonds is 8. The van der Waals surface area contributed by atoms with Crippen LogP contribution in [-0.2, 0) is 0 Å². The van der Waals surface area contributed by atoms with Crippen molar-refractivity contribution in [1.82, 2.24) is 5.32 Å². The van der Waals surface area contributed by atoms with Gasteiger partial charge in [0, 0.05) is 0 Å². The molecule has 0 aromatic rings. The lowest BCUT2D eigenvalue weighted by Gasteiger charge is -2.37. The first-order chi connectivity index (χ1) is 8.71. The molecule has 4 unspecified atom stereocenters. The summed E-state index contributed by atoms with van der Waals surface area (Å²) in [7, 11) is 2.12. The molecule has 0 spiro atoms. The predicted molar refractivity (Wildman–Crippen MR) is 81.8 cm³/mol. The van der Waals surface area contributed by atoms with Gasteiger partial charge in [-0.2, -0.15) is 0 Å². The maximum absolute atomic E-state index is 3.42. The van der Waals surface area contributed by atoms with Gasteiger partial charge in [-0.15, -0.1) is 0 Å². The molecular formula is C17H35N. The first-order valence-corrected chi connectivity index (χ1v) is 8.35. The lowest BCUT2D eigenvalue weighted by molar-refractivity contribution is 0.144. The molecule has 0 heterocycles. The first kappa shape index (κ1) is 16.0. The van der Waals surface area contributed by atoms with Gasteiger partial charge in [0.2, 0.25) is 0 Å². The van der Waals surface area contributed by atoms with Gasteiger partial charge < -0.3 is 5.32 Å². The molecule has 0 aromatic carbocycles. The molecule has 0 saturated heterocycles. The van der Waals surface area contributed by atoms with Gasteiger partial charge in [-0.25, -0.2) is 0 Å². The van der Waals surface area contributed by atoms with Gasteiger partial charge in [0.25, 0.3) is 0 Å². The lowest BCUT2D eigenvalue weighted by atomic mass is 9.69. The fraction of sp³-hybridized carbons (Fsp3) is 1.00. The van der Waals surface area contributed by atoms with Crippen LogP contribution in [0.2, 0.25) is 0 Å². The fourth-order valence-electron chi connectivity index (χ4n) is 4.04. The fourth-order valence-corrected chi connectivity index (χ4v) is 4.04. The van der Waals surface area contributed by atoms with E-state index in [0.717, 1.165) is 23.7 Å². The molecule has 0 aliphatic heterocycles. The molecule has 1 fully saturated rings. The van der Waals surface area contributed by atoms with E-state index in [1.54, 1.807) is 0 Å². The van der Waals surface area contributed by atoms with Crippen LogP contribution in [0.5, 0.6) is 0 Å². The molecular weight excluding hydrogens is 218 g/mol. The van der Waals surface area contributed by atoms with E-state index >= 15 is 0 Å². The second-order valence-corrected chi connectivity index (χ2v) is 6.68. The summed E-state index contributed by atoms with van der Waals surface area (Å²) in [5.74, 6) is 3.90. The second-order valence-electron chi connectivity index (χ2n) is 6.68. The summed E-state index contributed by atoms with van der Waals surface area (Å²) in [6.45, 7) is 8.36. The summed E-state index contributed by atoms with van der Waals surface area (Å²) in [6, 6.07) is 0. The molecule has 1 rings (SSSR count). The maximum atomic E-state index is 3.42. The van der Waals surface area contributed by atoms with E-state index in [4.69, 9.17) is 0 Å². The van der Waals surface area contributed by atoms with Crippen molar-refractivity contribution in [2.24, 2.45) is 23.7 Å². The Morgan fingerprint density at radius 1 is 1.11 bits per heavy atom. The highest BCUT2D eigenvalue weighted by Gasteiger charge is 2.30. The molecule has 1 aliphatic rings. The van der Waals surface area contributed by atoms with Crippen LogP contribution in [0, 0.1) is 23.7 Å². The zero-order chi connectivity index (χ0) is 13.4. The normalized spacial score (nSPS) is 30.3. The predicted octanol–water partition coefficient (Wildman–Crippen LogP) is 4.86. The number of hydrogen-bond acceptors (Lipinski definition) is 1. The Morgan fingerprint density at radius 3 is 2.50 bits per heavy atom. The summed E-state index contributed by atoms with van der Waals surface area (Å²) in [5.41, 5.74) is 0. The quantitative estimate of drug-likeness (QED) is 0.651. The molecule has 1 saturated carbocycles. The van der Waals surface area contributed by atoms with E-state index in [0.29, 0.717) is 0 Å². The van der Waals surface area contributed by atoms with Crippen molar-refractivity contribution in [3.63, 3.8) is 0 Å². The van der Waals surface area contributed by atoms with E-state index in [1.807, 2.05) is 0 Å². The van der Waals surface area contributed by atoms with Crippen molar-refractivity contribution in [3.05, 3.63) is 0 Å². The number of nitrogens with one attached hydrogen (secondary N) is 1. The molecule has 0 bridgehead atoms. The minimum Gasteiger partial charge on any atom is -0.319 e. The second kappa shape index (κ2) is 8.96. The minimum absolute atomic E-state index is 0.930. The molecule has 1 N–H and O–H groups in total. The van der Waals surface area contributed by atoms with Crippen molar-refractivity contribution >= 4 is 0 Å². The van der Waals surface area contributed by atoms with Crippen molar-refractivity contribution in [2.75, 3.05) is 13.6 Å². The third kappa shape index (κ3) is 5.30. The van der Waals surface area contributed by atoms with Gasteiger partial charge in [-0.05, 0) is 56.5 Å². The molecule has 4 atom stereocenters. The summed E-state index contributed by atoms with van der Waals surface area (Å²) in [5, 5.41) is 3.42. The topological polar surface area (TPSA) is 12.0 Å². The Hall–Kier alpha value is -0.0400. The van der Waals surface area contributed by atoms with Gasteiger partial charge >= 0.3 is 0 Å². The van der Waals surface area contributed by atoms with Crippen molar-refractivity contribution in [2.45, 2.75) is 72.1 Å². The average Bonchev–Trinajstić information content (AvgIpc) is 2.33. The summed E-state index contributed by atoms with van der Waals surface area (Å²) >= 11 is 0. The van der Waals surface area contributed by atoms with Gasteiger partial charge in [-0.1, -0.05) is 52.9 Å². The Balaban J connectivity index is 2.48. The van der Waals surface area contributed by atoms with Crippen LogP contribution in [0.3, 0.4) is 0 Å². The van der Waals surface area contributed by atoms with Crippen LogP contribution in [0.25, 0.3) is 0 Å². The van der Waals surface area contributed by atoms with Gasteiger partial charge in [-0.3, -0.25) is 0 Å². The van der Waals surface area contributed by atoms with Crippen LogP contribution in [0.4, 0.5) is 0 Å². The van der Waals surface area contributed by atoms with Crippen molar-refractivity contribution in [3.8, 4) is 0 Å². The smallest absolute Gasteiger partial charge is 0.00209 e. The Labute approximate surface area is 115 Å². The SMILES string of the molecule is CCCC(C)CC1CC(CCC)CCC1CNC. The van der Waals surface area contributed by atoms with E-state index in [2.05, 4.69) is 33.1 Å². The molecule has 1 nitrogen and oxygen atoms in total. The van der Waals surface area contributed by atoms with Crippen molar-refractivity contribution in [1.29, 1.82) is 0 Å². The highest BCUT2D eigenvalue weighted by molar-refractivity contribution is 4.82. The first-order valence-electron chi connectivity index (χ1n) is 8.35. The third-order valence-corrected chi connectivity index (χ3v) is 4.90. The molecule has 0 aromatic heterocycles. The summed E-state index contributed by atoms with van der Waals surface area (Å²) < 4.78 is 0. The zero-order valence-electron chi connectivity index (χ0n) is 13.2. The molecule has 18 heavy (non-hydrogen) atoms. The van der Waals surface area contributed by atoms with E-state index in [1.165, 1.54) is 57.9 Å². The minimum atomic E-state index is 0.930. The maximum Gasteiger partial charge on any atom is -0.00209 e. The van der Waals surface area contributed by atoms with Crippen LogP contribution >= 0.6 is 0 Å². The van der Waals surface area contributed by atoms with Gasteiger partial charge in [0.05, 0.1) is 0 Å². The van der Waals surface area contributed by atoms with E-state index < -0.39 is 0 Å². The third-order valence-electron chi connectivity index (χ3n) is 4.90. The van der Waals surface area contributed by atoms with Crippen LogP contribution in [-0.4, -0.2) is 13.6 Å². The summed E-state index contributed by atoms with van der Waals surface area (Å²) in [6.07, 6.45) is 11.5. The highest BCUT2D eigenvalue weighted by atomic mass is 14.8. The van der Waals surface area contributed by atoms with E-state index in [9.17, 15) is 0 Å².